The number of aryl methyl sites for hydroxylation is 1. The van der Waals surface area contributed by atoms with Crippen molar-refractivity contribution < 1.29 is 19.1 Å². The maximum absolute atomic E-state index is 12.4. The molecule has 2 aromatic rings. The largest absolute Gasteiger partial charge is 0.492 e. The van der Waals surface area contributed by atoms with Gasteiger partial charge in [-0.1, -0.05) is 11.6 Å². The van der Waals surface area contributed by atoms with Gasteiger partial charge in [0.2, 0.25) is 5.91 Å². The number of hydrogen-bond donors (Lipinski definition) is 2. The van der Waals surface area contributed by atoms with Crippen LogP contribution in [-0.4, -0.2) is 30.6 Å². The molecule has 28 heavy (non-hydrogen) atoms. The van der Waals surface area contributed by atoms with Crippen LogP contribution in [0.25, 0.3) is 0 Å². The van der Waals surface area contributed by atoms with Crippen LogP contribution in [0.15, 0.2) is 42.5 Å². The van der Waals surface area contributed by atoms with Gasteiger partial charge in [-0.3, -0.25) is 9.59 Å². The van der Waals surface area contributed by atoms with Crippen molar-refractivity contribution in [2.75, 3.05) is 18.5 Å². The lowest BCUT2D eigenvalue weighted by atomic mass is 10.0. The zero-order chi connectivity index (χ0) is 20.1. The van der Waals surface area contributed by atoms with E-state index in [-0.39, 0.29) is 11.8 Å². The summed E-state index contributed by atoms with van der Waals surface area (Å²) in [7, 11) is 0. The van der Waals surface area contributed by atoms with Crippen molar-refractivity contribution in [1.29, 1.82) is 0 Å². The number of nitrogens with one attached hydrogen (secondary N) is 2. The predicted octanol–water partition coefficient (Wildman–Crippen LogP) is 3.58. The maximum atomic E-state index is 12.4. The fourth-order valence-corrected chi connectivity index (χ4v) is 2.97. The highest BCUT2D eigenvalue weighted by Gasteiger charge is 2.29. The molecule has 0 bridgehead atoms. The first kappa shape index (κ1) is 20.0. The van der Waals surface area contributed by atoms with Gasteiger partial charge in [0.25, 0.3) is 5.91 Å². The van der Waals surface area contributed by atoms with Gasteiger partial charge in [-0.15, -0.1) is 0 Å². The topological polar surface area (TPSA) is 76.7 Å². The summed E-state index contributed by atoms with van der Waals surface area (Å²) in [6.45, 7) is 4.08. The lowest BCUT2D eigenvalue weighted by Gasteiger charge is -2.25. The Labute approximate surface area is 169 Å². The molecule has 0 unspecified atom stereocenters. The van der Waals surface area contributed by atoms with Gasteiger partial charge in [-0.05, 0) is 68.3 Å². The molecule has 1 aliphatic heterocycles. The minimum absolute atomic E-state index is 0.0346. The Morgan fingerprint density at radius 1 is 1.14 bits per heavy atom. The van der Waals surface area contributed by atoms with Gasteiger partial charge >= 0.3 is 0 Å². The second kappa shape index (κ2) is 8.52. The van der Waals surface area contributed by atoms with Crippen LogP contribution < -0.4 is 20.1 Å². The molecule has 0 atom stereocenters. The maximum Gasteiger partial charge on any atom is 0.263 e. The second-order valence-electron chi connectivity index (χ2n) is 7.04. The fraction of sp³-hybridized carbons (Fsp3) is 0.333. The summed E-state index contributed by atoms with van der Waals surface area (Å²) in [5, 5.41) is 6.26. The number of fused-ring (bicyclic) bond motifs is 1. The van der Waals surface area contributed by atoms with E-state index in [1.54, 1.807) is 44.2 Å². The summed E-state index contributed by atoms with van der Waals surface area (Å²) >= 11 is 5.86. The number of hydrogen-bond acceptors (Lipinski definition) is 4. The molecule has 2 amide bonds. The molecule has 7 heteroatoms. The number of benzene rings is 2. The first-order valence-corrected chi connectivity index (χ1v) is 9.50. The predicted molar refractivity (Wildman–Crippen MR) is 108 cm³/mol. The van der Waals surface area contributed by atoms with Crippen LogP contribution in [0.5, 0.6) is 11.5 Å². The van der Waals surface area contributed by atoms with Crippen LogP contribution in [0.2, 0.25) is 5.02 Å². The van der Waals surface area contributed by atoms with Crippen molar-refractivity contribution in [2.24, 2.45) is 0 Å². The number of rotatable bonds is 7. The van der Waals surface area contributed by atoms with Crippen LogP contribution in [0.4, 0.5) is 5.69 Å². The van der Waals surface area contributed by atoms with E-state index >= 15 is 0 Å². The summed E-state index contributed by atoms with van der Waals surface area (Å²) in [4.78, 5) is 23.8. The molecule has 0 fully saturated rings. The van der Waals surface area contributed by atoms with E-state index in [4.69, 9.17) is 21.1 Å². The molecule has 1 heterocycles. The summed E-state index contributed by atoms with van der Waals surface area (Å²) in [6, 6.07) is 12.4. The van der Waals surface area contributed by atoms with Gasteiger partial charge in [0, 0.05) is 17.1 Å². The van der Waals surface area contributed by atoms with Crippen molar-refractivity contribution >= 4 is 29.1 Å². The summed E-state index contributed by atoms with van der Waals surface area (Å²) in [6.07, 6.45) is 1.18. The highest BCUT2D eigenvalue weighted by atomic mass is 35.5. The van der Waals surface area contributed by atoms with Crippen molar-refractivity contribution in [3.63, 3.8) is 0 Å². The van der Waals surface area contributed by atoms with Crippen LogP contribution in [0.3, 0.4) is 0 Å². The number of anilines is 1. The third kappa shape index (κ3) is 5.16. The Bertz CT molecular complexity index is 865. The monoisotopic (exact) mass is 402 g/mol. The van der Waals surface area contributed by atoms with Crippen molar-refractivity contribution in [2.45, 2.75) is 32.3 Å². The number of carbonyl (C=O) groups is 2. The van der Waals surface area contributed by atoms with Crippen LogP contribution in [0, 0.1) is 0 Å². The van der Waals surface area contributed by atoms with Gasteiger partial charge < -0.3 is 20.1 Å². The van der Waals surface area contributed by atoms with E-state index in [1.165, 1.54) is 0 Å². The van der Waals surface area contributed by atoms with E-state index in [9.17, 15) is 9.59 Å². The Kier molecular flexibility index (Phi) is 6.09. The van der Waals surface area contributed by atoms with E-state index in [0.717, 1.165) is 11.3 Å². The van der Waals surface area contributed by atoms with Crippen molar-refractivity contribution in [1.82, 2.24) is 5.32 Å². The minimum atomic E-state index is -1.03. The van der Waals surface area contributed by atoms with Gasteiger partial charge in [0.15, 0.2) is 5.60 Å². The smallest absolute Gasteiger partial charge is 0.263 e. The number of ether oxygens (including phenoxy) is 2. The molecule has 0 radical (unpaired) electrons. The highest BCUT2D eigenvalue weighted by Crippen LogP contribution is 2.26. The molecular weight excluding hydrogens is 380 g/mol. The Balaban J connectivity index is 1.46. The first-order chi connectivity index (χ1) is 13.3. The summed E-state index contributed by atoms with van der Waals surface area (Å²) < 4.78 is 11.5. The Hall–Kier alpha value is -2.73. The third-order valence-corrected chi connectivity index (χ3v) is 4.61. The van der Waals surface area contributed by atoms with Crippen molar-refractivity contribution in [3.05, 3.63) is 53.1 Å². The zero-order valence-electron chi connectivity index (χ0n) is 15.9. The molecule has 148 valence electrons. The van der Waals surface area contributed by atoms with E-state index in [0.29, 0.717) is 42.5 Å². The molecule has 2 aromatic carbocycles. The van der Waals surface area contributed by atoms with Gasteiger partial charge in [0.05, 0.1) is 6.54 Å². The van der Waals surface area contributed by atoms with Crippen LogP contribution in [-0.2, 0) is 16.0 Å². The average molecular weight is 403 g/mol. The molecule has 1 aliphatic rings. The quantitative estimate of drug-likeness (QED) is 0.694. The number of halogens is 1. The van der Waals surface area contributed by atoms with Crippen LogP contribution >= 0.6 is 11.6 Å². The Morgan fingerprint density at radius 2 is 1.86 bits per heavy atom. The normalized spacial score (nSPS) is 13.3. The standard InChI is InChI=1S/C21H23ClN2O4/c1-21(2,28-16-6-4-15(22)5-7-16)20(26)23-11-12-27-17-8-9-18-14(13-17)3-10-19(25)24-18/h4-9,13H,3,10-12H2,1-2H3,(H,23,26)(H,24,25). The molecule has 6 nitrogen and oxygen atoms in total. The van der Waals surface area contributed by atoms with E-state index in [1.807, 2.05) is 12.1 Å². The SMILES string of the molecule is CC(C)(Oc1ccc(Cl)cc1)C(=O)NCCOc1ccc2c(c1)CCC(=O)N2. The average Bonchev–Trinajstić information content (AvgIpc) is 2.66. The third-order valence-electron chi connectivity index (χ3n) is 4.36. The number of carbonyl (C=O) groups excluding carboxylic acids is 2. The van der Waals surface area contributed by atoms with Gasteiger partial charge in [-0.2, -0.15) is 0 Å². The molecule has 0 saturated carbocycles. The number of amides is 2. The van der Waals surface area contributed by atoms with Crippen LogP contribution in [0.1, 0.15) is 25.8 Å². The molecule has 3 rings (SSSR count). The molecule has 0 saturated heterocycles. The molecule has 0 aliphatic carbocycles. The fourth-order valence-electron chi connectivity index (χ4n) is 2.84. The highest BCUT2D eigenvalue weighted by molar-refractivity contribution is 6.30. The Morgan fingerprint density at radius 3 is 2.61 bits per heavy atom. The second-order valence-corrected chi connectivity index (χ2v) is 7.47. The van der Waals surface area contributed by atoms with E-state index in [2.05, 4.69) is 10.6 Å². The zero-order valence-corrected chi connectivity index (χ0v) is 16.6. The summed E-state index contributed by atoms with van der Waals surface area (Å²) in [5.74, 6) is 1.08. The lowest BCUT2D eigenvalue weighted by molar-refractivity contribution is -0.134. The van der Waals surface area contributed by atoms with E-state index < -0.39 is 5.60 Å². The molecule has 2 N–H and O–H groups in total. The lowest BCUT2D eigenvalue weighted by Crippen LogP contribution is -2.47. The van der Waals surface area contributed by atoms with Gasteiger partial charge in [-0.25, -0.2) is 0 Å². The minimum Gasteiger partial charge on any atom is -0.492 e. The molecular formula is C21H23ClN2O4. The van der Waals surface area contributed by atoms with Gasteiger partial charge in [0.1, 0.15) is 18.1 Å². The first-order valence-electron chi connectivity index (χ1n) is 9.12. The molecule has 0 aromatic heterocycles. The van der Waals surface area contributed by atoms with Crippen molar-refractivity contribution in [3.8, 4) is 11.5 Å². The summed E-state index contributed by atoms with van der Waals surface area (Å²) in [5.41, 5.74) is 0.856. The molecule has 0 spiro atoms.